The van der Waals surface area contributed by atoms with Gasteiger partial charge in [0.25, 0.3) is 0 Å². The van der Waals surface area contributed by atoms with Crippen molar-refractivity contribution in [3.63, 3.8) is 0 Å². The van der Waals surface area contributed by atoms with E-state index in [1.807, 2.05) is 35.8 Å². The molecule has 2 atom stereocenters. The van der Waals surface area contributed by atoms with Crippen molar-refractivity contribution in [2.75, 3.05) is 0 Å². The van der Waals surface area contributed by atoms with E-state index >= 15 is 0 Å². The summed E-state index contributed by atoms with van der Waals surface area (Å²) in [5, 5.41) is -0.315. The van der Waals surface area contributed by atoms with Crippen LogP contribution >= 0.6 is 11.8 Å². The van der Waals surface area contributed by atoms with E-state index in [0.29, 0.717) is 0 Å². The van der Waals surface area contributed by atoms with Gasteiger partial charge in [0, 0.05) is 0 Å². The fourth-order valence-electron chi connectivity index (χ4n) is 2.86. The van der Waals surface area contributed by atoms with Gasteiger partial charge in [0.2, 0.25) is 0 Å². The average molecular weight is 302 g/mol. The second kappa shape index (κ2) is 4.56. The number of rotatable bonds is 1. The van der Waals surface area contributed by atoms with Crippen LogP contribution in [0.1, 0.15) is 28.9 Å². The number of imidazole rings is 1. The van der Waals surface area contributed by atoms with E-state index in [2.05, 4.69) is 4.98 Å². The van der Waals surface area contributed by atoms with E-state index < -0.39 is 17.0 Å². The van der Waals surface area contributed by atoms with Crippen LogP contribution in [0.5, 0.6) is 0 Å². The lowest BCUT2D eigenvalue weighted by molar-refractivity contribution is 0.544. The maximum absolute atomic E-state index is 14.1. The fraction of sp³-hybridized carbons (Fsp3) is 0.188. The smallest absolute Gasteiger partial charge is 0.132 e. The Morgan fingerprint density at radius 3 is 2.52 bits per heavy atom. The number of benzene rings is 2. The highest BCUT2D eigenvalue weighted by Crippen LogP contribution is 2.51. The first-order valence-electron chi connectivity index (χ1n) is 6.73. The van der Waals surface area contributed by atoms with Crippen LogP contribution in [0.15, 0.2) is 42.5 Å². The average Bonchev–Trinajstić information content (AvgIpc) is 2.98. The molecule has 2 nitrogen and oxygen atoms in total. The molecule has 0 bridgehead atoms. The van der Waals surface area contributed by atoms with Crippen LogP contribution in [0.4, 0.5) is 8.78 Å². The largest absolute Gasteiger partial charge is 0.310 e. The Labute approximate surface area is 124 Å². The van der Waals surface area contributed by atoms with Gasteiger partial charge in [-0.15, -0.1) is 11.8 Å². The van der Waals surface area contributed by atoms with Crippen molar-refractivity contribution in [2.45, 2.75) is 17.5 Å². The molecular formula is C16H12F2N2S. The van der Waals surface area contributed by atoms with E-state index in [-0.39, 0.29) is 10.8 Å². The van der Waals surface area contributed by atoms with Crippen LogP contribution in [-0.4, -0.2) is 9.55 Å². The summed E-state index contributed by atoms with van der Waals surface area (Å²) in [6, 6.07) is 11.7. The maximum atomic E-state index is 14.1. The zero-order valence-corrected chi connectivity index (χ0v) is 12.1. The molecule has 0 radical (unpaired) electrons. The van der Waals surface area contributed by atoms with Crippen molar-refractivity contribution >= 4 is 22.8 Å². The third-order valence-corrected chi connectivity index (χ3v) is 5.12. The molecule has 2 aromatic carbocycles. The summed E-state index contributed by atoms with van der Waals surface area (Å²) in [5.74, 6) is -0.149. The van der Waals surface area contributed by atoms with Crippen LogP contribution in [-0.2, 0) is 0 Å². The molecule has 0 N–H and O–H groups in total. The number of para-hydroxylation sites is 2. The van der Waals surface area contributed by atoms with Crippen LogP contribution in [0.2, 0.25) is 0 Å². The molecule has 0 spiro atoms. The highest BCUT2D eigenvalue weighted by atomic mass is 32.2. The van der Waals surface area contributed by atoms with Crippen molar-refractivity contribution in [1.82, 2.24) is 9.55 Å². The van der Waals surface area contributed by atoms with Crippen molar-refractivity contribution < 1.29 is 8.78 Å². The number of nitrogens with zero attached hydrogens (tertiary/aromatic N) is 2. The standard InChI is InChI=1S/C16H12F2N2S/c1-9-15-19-12-7-2-3-8-13(12)20(15)16(21-9)14-10(17)5-4-6-11(14)18/h2-9,16H,1H3/t9-,16-/m1/s1. The molecule has 0 saturated carbocycles. The Morgan fingerprint density at radius 1 is 1.05 bits per heavy atom. The molecule has 21 heavy (non-hydrogen) atoms. The van der Waals surface area contributed by atoms with Gasteiger partial charge in [-0.3, -0.25) is 0 Å². The molecule has 0 amide bonds. The van der Waals surface area contributed by atoms with Gasteiger partial charge in [0.15, 0.2) is 0 Å². The molecule has 0 unspecified atom stereocenters. The van der Waals surface area contributed by atoms with Gasteiger partial charge in [-0.05, 0) is 31.2 Å². The summed E-state index contributed by atoms with van der Waals surface area (Å²) < 4.78 is 30.2. The van der Waals surface area contributed by atoms with Gasteiger partial charge in [0.1, 0.15) is 22.8 Å². The molecule has 0 aliphatic carbocycles. The minimum atomic E-state index is -0.509. The maximum Gasteiger partial charge on any atom is 0.132 e. The molecule has 106 valence electrons. The van der Waals surface area contributed by atoms with Crippen LogP contribution < -0.4 is 0 Å². The number of hydrogen-bond donors (Lipinski definition) is 0. The summed E-state index contributed by atoms with van der Waals surface area (Å²) in [4.78, 5) is 4.61. The normalized spacial score (nSPS) is 20.9. The van der Waals surface area contributed by atoms with Crippen LogP contribution in [0.25, 0.3) is 11.0 Å². The summed E-state index contributed by atoms with van der Waals surface area (Å²) in [5.41, 5.74) is 1.88. The Morgan fingerprint density at radius 2 is 1.76 bits per heavy atom. The molecule has 1 aliphatic heterocycles. The Balaban J connectivity index is 1.99. The van der Waals surface area contributed by atoms with Gasteiger partial charge >= 0.3 is 0 Å². The third-order valence-electron chi connectivity index (χ3n) is 3.80. The Hall–Kier alpha value is -1.88. The first-order chi connectivity index (χ1) is 10.2. The minimum absolute atomic E-state index is 0.0985. The molecular weight excluding hydrogens is 290 g/mol. The summed E-state index contributed by atoms with van der Waals surface area (Å²) in [6.07, 6.45) is 0. The van der Waals surface area contributed by atoms with E-state index in [9.17, 15) is 8.78 Å². The third kappa shape index (κ3) is 1.80. The van der Waals surface area contributed by atoms with Gasteiger partial charge in [0.05, 0.1) is 21.8 Å². The Kier molecular flexibility index (Phi) is 2.79. The van der Waals surface area contributed by atoms with E-state index in [0.717, 1.165) is 16.9 Å². The lowest BCUT2D eigenvalue weighted by Gasteiger charge is -2.15. The van der Waals surface area contributed by atoms with E-state index in [1.165, 1.54) is 30.0 Å². The highest BCUT2D eigenvalue weighted by molar-refractivity contribution is 8.00. The topological polar surface area (TPSA) is 17.8 Å². The molecule has 1 aliphatic rings. The fourth-order valence-corrected chi connectivity index (χ4v) is 4.23. The summed E-state index contributed by atoms with van der Waals surface area (Å²) in [6.45, 7) is 2.02. The van der Waals surface area contributed by atoms with Gasteiger partial charge in [-0.2, -0.15) is 0 Å². The van der Waals surface area contributed by atoms with Gasteiger partial charge in [-0.1, -0.05) is 18.2 Å². The van der Waals surface area contributed by atoms with Gasteiger partial charge < -0.3 is 4.57 Å². The Bertz CT molecular complexity index is 823. The lowest BCUT2D eigenvalue weighted by atomic mass is 10.2. The molecule has 3 aromatic rings. The predicted octanol–water partition coefficient (Wildman–Crippen LogP) is 4.67. The number of thioether (sulfide) groups is 1. The number of hydrogen-bond acceptors (Lipinski definition) is 2. The molecule has 0 saturated heterocycles. The SMILES string of the molecule is C[C@H]1S[C@H](c2c(F)cccc2F)n2c1nc1ccccc12. The lowest BCUT2D eigenvalue weighted by Crippen LogP contribution is -2.08. The molecule has 4 rings (SSSR count). The van der Waals surface area contributed by atoms with E-state index in [4.69, 9.17) is 0 Å². The quantitative estimate of drug-likeness (QED) is 0.650. The van der Waals surface area contributed by atoms with Crippen molar-refractivity contribution in [2.24, 2.45) is 0 Å². The second-order valence-electron chi connectivity index (χ2n) is 5.09. The molecule has 1 aromatic heterocycles. The van der Waals surface area contributed by atoms with Crippen LogP contribution in [0.3, 0.4) is 0 Å². The highest BCUT2D eigenvalue weighted by Gasteiger charge is 2.35. The predicted molar refractivity (Wildman–Crippen MR) is 80.2 cm³/mol. The van der Waals surface area contributed by atoms with E-state index in [1.54, 1.807) is 0 Å². The minimum Gasteiger partial charge on any atom is -0.310 e. The summed E-state index contributed by atoms with van der Waals surface area (Å²) >= 11 is 1.52. The first kappa shape index (κ1) is 12.8. The molecule has 2 heterocycles. The number of aromatic nitrogens is 2. The number of halogens is 2. The van der Waals surface area contributed by atoms with Gasteiger partial charge in [-0.25, -0.2) is 13.8 Å². The first-order valence-corrected chi connectivity index (χ1v) is 7.67. The number of fused-ring (bicyclic) bond motifs is 3. The van der Waals surface area contributed by atoms with Crippen molar-refractivity contribution in [3.05, 3.63) is 65.5 Å². The van der Waals surface area contributed by atoms with Crippen molar-refractivity contribution in [1.29, 1.82) is 0 Å². The van der Waals surface area contributed by atoms with Crippen molar-refractivity contribution in [3.8, 4) is 0 Å². The zero-order chi connectivity index (χ0) is 14.6. The second-order valence-corrected chi connectivity index (χ2v) is 6.52. The summed E-state index contributed by atoms with van der Waals surface area (Å²) in [7, 11) is 0. The molecule has 5 heteroatoms. The monoisotopic (exact) mass is 302 g/mol. The molecule has 0 fully saturated rings. The van der Waals surface area contributed by atoms with Crippen LogP contribution in [0, 0.1) is 11.6 Å². The zero-order valence-electron chi connectivity index (χ0n) is 11.3.